The molecule has 0 atom stereocenters. The zero-order valence-corrected chi connectivity index (χ0v) is 15.5. The van der Waals surface area contributed by atoms with Gasteiger partial charge in [0.15, 0.2) is 0 Å². The number of hydrogen-bond donors (Lipinski definition) is 0. The van der Waals surface area contributed by atoms with Gasteiger partial charge in [0.2, 0.25) is 0 Å². The molecule has 0 aliphatic heterocycles. The topological polar surface area (TPSA) is 0 Å². The minimum Gasteiger partial charge on any atom is -0.0630 e. The van der Waals surface area contributed by atoms with Gasteiger partial charge < -0.3 is 0 Å². The predicted octanol–water partition coefficient (Wildman–Crippen LogP) is -0.409. The van der Waals surface area contributed by atoms with E-state index in [2.05, 4.69) is 62.4 Å². The van der Waals surface area contributed by atoms with Gasteiger partial charge in [-0.15, -0.1) is 0 Å². The maximum absolute atomic E-state index is 2.37. The van der Waals surface area contributed by atoms with Gasteiger partial charge in [0.1, 0.15) is 0 Å². The Morgan fingerprint density at radius 2 is 1.12 bits per heavy atom. The second-order valence-corrected chi connectivity index (χ2v) is 20.3. The lowest BCUT2D eigenvalue weighted by Gasteiger charge is -2.14. The molecule has 2 rings (SSSR count). The van der Waals surface area contributed by atoms with Gasteiger partial charge in [-0.05, 0) is 23.6 Å². The Balaban J connectivity index is 2.33. The summed E-state index contributed by atoms with van der Waals surface area (Å²) >= 11 is 0. The number of aryl methyl sites for hydroxylation is 2. The van der Waals surface area contributed by atoms with Crippen LogP contribution in [0.25, 0.3) is 0 Å². The summed E-state index contributed by atoms with van der Waals surface area (Å²) in [5, 5.41) is 3.31. The maximum Gasteiger partial charge on any atom is 0.0857 e. The van der Waals surface area contributed by atoms with Crippen molar-refractivity contribution in [1.29, 1.82) is 0 Å². The second kappa shape index (κ2) is 5.62. The molecule has 0 aliphatic carbocycles. The first-order valence-corrected chi connectivity index (χ1v) is 16.4. The Kier molecular flexibility index (Phi) is 4.15. The first-order valence-electron chi connectivity index (χ1n) is 6.34. The molecule has 3 heteroatoms. The molecule has 0 heterocycles. The average molecular weight is 273 g/mol. The van der Waals surface area contributed by atoms with E-state index in [1.165, 1.54) is 20.9 Å². The molecule has 0 spiro atoms. The van der Waals surface area contributed by atoms with Gasteiger partial charge in [0.05, 0.1) is 8.31 Å². The van der Waals surface area contributed by atoms with E-state index in [9.17, 15) is 0 Å². The molecule has 0 amide bonds. The molecule has 0 fully saturated rings. The normalized spacial score (nSPS) is 11.7. The van der Waals surface area contributed by atoms with Crippen molar-refractivity contribution in [3.8, 4) is 0 Å². The van der Waals surface area contributed by atoms with Crippen molar-refractivity contribution in [1.82, 2.24) is 0 Å². The van der Waals surface area contributed by atoms with Crippen molar-refractivity contribution >= 4 is 37.0 Å². The van der Waals surface area contributed by atoms with Crippen molar-refractivity contribution < 1.29 is 0 Å². The fourth-order valence-corrected chi connectivity index (χ4v) is 17.8. The van der Waals surface area contributed by atoms with E-state index in [0.717, 1.165) is 0 Å². The zero-order valence-electron chi connectivity index (χ0n) is 10.9. The molecule has 0 saturated heterocycles. The standard InChI is InChI=1S/C14H20Si3/c1-11-3-7-13(8-4-11)17(16-15)14-9-5-12(2)6-10-14/h3-10,17H,16H2,1-2,15H3. The predicted molar refractivity (Wildman–Crippen MR) is 87.3 cm³/mol. The summed E-state index contributed by atoms with van der Waals surface area (Å²) in [5.74, 6) is 0. The molecule has 0 aromatic heterocycles. The van der Waals surface area contributed by atoms with E-state index in [0.29, 0.717) is 0 Å². The summed E-state index contributed by atoms with van der Waals surface area (Å²) < 4.78 is 0. The van der Waals surface area contributed by atoms with Crippen LogP contribution in [0.4, 0.5) is 0 Å². The number of hydrogen-bond acceptors (Lipinski definition) is 0. The van der Waals surface area contributed by atoms with Crippen LogP contribution in [0, 0.1) is 13.8 Å². The van der Waals surface area contributed by atoms with Gasteiger partial charge in [0.25, 0.3) is 0 Å². The van der Waals surface area contributed by atoms with Crippen LogP contribution in [0.2, 0.25) is 0 Å². The van der Waals surface area contributed by atoms with E-state index in [-0.39, 0.29) is 8.55 Å². The average Bonchev–Trinajstić information content (AvgIpc) is 2.35. The summed E-state index contributed by atoms with van der Waals surface area (Å²) in [6, 6.07) is 18.6. The molecule has 2 aromatic rings. The van der Waals surface area contributed by atoms with Gasteiger partial charge in [-0.2, -0.15) is 0 Å². The Morgan fingerprint density at radius 1 is 0.765 bits per heavy atom. The molecular weight excluding hydrogens is 252 g/mol. The SMILES string of the molecule is Cc1ccc([SiH]([SiH2][SiH3])c2ccc(C)cc2)cc1. The summed E-state index contributed by atoms with van der Waals surface area (Å²) in [6.07, 6.45) is 0. The Bertz CT molecular complexity index is 428. The van der Waals surface area contributed by atoms with Crippen LogP contribution in [0.1, 0.15) is 11.1 Å². The molecule has 0 saturated carbocycles. The van der Waals surface area contributed by atoms with E-state index in [1.807, 2.05) is 0 Å². The molecule has 0 bridgehead atoms. The Hall–Kier alpha value is -0.909. The zero-order chi connectivity index (χ0) is 12.3. The summed E-state index contributed by atoms with van der Waals surface area (Å²) in [7, 11) is 0.853. The van der Waals surface area contributed by atoms with Crippen molar-refractivity contribution in [3.63, 3.8) is 0 Å². The van der Waals surface area contributed by atoms with Crippen molar-refractivity contribution in [2.24, 2.45) is 0 Å². The fraction of sp³-hybridized carbons (Fsp3) is 0.143. The van der Waals surface area contributed by atoms with Crippen LogP contribution in [-0.2, 0) is 0 Å². The van der Waals surface area contributed by atoms with Gasteiger partial charge in [-0.1, -0.05) is 70.0 Å². The highest BCUT2D eigenvalue weighted by Gasteiger charge is 2.13. The van der Waals surface area contributed by atoms with Crippen molar-refractivity contribution in [3.05, 3.63) is 59.7 Å². The smallest absolute Gasteiger partial charge is 0.0630 e. The largest absolute Gasteiger partial charge is 0.0857 e. The maximum atomic E-state index is 2.37. The van der Waals surface area contributed by atoms with Gasteiger partial charge in [-0.3, -0.25) is 0 Å². The molecule has 2 aromatic carbocycles. The highest BCUT2D eigenvalue weighted by molar-refractivity contribution is 7.39. The molecule has 0 radical (unpaired) electrons. The van der Waals surface area contributed by atoms with Gasteiger partial charge in [-0.25, -0.2) is 0 Å². The Labute approximate surface area is 111 Å². The van der Waals surface area contributed by atoms with E-state index < -0.39 is 8.31 Å². The van der Waals surface area contributed by atoms with Crippen molar-refractivity contribution in [2.75, 3.05) is 0 Å². The lowest BCUT2D eigenvalue weighted by molar-refractivity contribution is 1.48. The first-order chi connectivity index (χ1) is 8.20. The van der Waals surface area contributed by atoms with Crippen LogP contribution in [0.5, 0.6) is 0 Å². The minimum atomic E-state index is -0.770. The third-order valence-electron chi connectivity index (χ3n) is 3.37. The second-order valence-electron chi connectivity index (χ2n) is 4.78. The molecule has 88 valence electrons. The van der Waals surface area contributed by atoms with Crippen LogP contribution < -0.4 is 10.4 Å². The van der Waals surface area contributed by atoms with E-state index in [4.69, 9.17) is 0 Å². The monoisotopic (exact) mass is 272 g/mol. The fourth-order valence-electron chi connectivity index (χ4n) is 2.26. The number of benzene rings is 2. The quantitative estimate of drug-likeness (QED) is 0.667. The highest BCUT2D eigenvalue weighted by Crippen LogP contribution is 1.98. The highest BCUT2D eigenvalue weighted by atomic mass is 29.5. The third-order valence-corrected chi connectivity index (χ3v) is 19.2. The summed E-state index contributed by atoms with van der Waals surface area (Å²) in [5.41, 5.74) is 2.75. The van der Waals surface area contributed by atoms with Gasteiger partial charge >= 0.3 is 0 Å². The Morgan fingerprint density at radius 3 is 1.41 bits per heavy atom. The van der Waals surface area contributed by atoms with Crippen LogP contribution in [-0.4, -0.2) is 26.6 Å². The summed E-state index contributed by atoms with van der Waals surface area (Å²) in [4.78, 5) is 0. The van der Waals surface area contributed by atoms with E-state index in [1.54, 1.807) is 10.4 Å². The lowest BCUT2D eigenvalue weighted by atomic mass is 10.2. The minimum absolute atomic E-state index is 0.185. The first kappa shape index (κ1) is 12.5. The van der Waals surface area contributed by atoms with Crippen LogP contribution >= 0.6 is 0 Å². The van der Waals surface area contributed by atoms with E-state index >= 15 is 0 Å². The third kappa shape index (κ3) is 3.06. The molecule has 0 unspecified atom stereocenters. The van der Waals surface area contributed by atoms with Gasteiger partial charge in [0, 0.05) is 8.55 Å². The molecule has 0 N–H and O–H groups in total. The lowest BCUT2D eigenvalue weighted by Crippen LogP contribution is -2.47. The molecular formula is C14H20Si3. The molecule has 0 aliphatic rings. The number of rotatable bonds is 3. The summed E-state index contributed by atoms with van der Waals surface area (Å²) in [6.45, 7) is 4.34. The molecule has 0 nitrogen and oxygen atoms in total. The molecule has 17 heavy (non-hydrogen) atoms. The van der Waals surface area contributed by atoms with Crippen molar-refractivity contribution in [2.45, 2.75) is 13.8 Å². The van der Waals surface area contributed by atoms with Crippen LogP contribution in [0.3, 0.4) is 0 Å². The van der Waals surface area contributed by atoms with Crippen LogP contribution in [0.15, 0.2) is 48.5 Å².